The molecular formula is C14H16N2O3. The number of carbonyl (C=O) groups excluding carboxylic acids is 1. The second kappa shape index (κ2) is 5.58. The second-order valence-corrected chi connectivity index (χ2v) is 4.29. The quantitative estimate of drug-likeness (QED) is 0.501. The van der Waals surface area contributed by atoms with Gasteiger partial charge in [0.2, 0.25) is 0 Å². The summed E-state index contributed by atoms with van der Waals surface area (Å²) in [5.74, 6) is 5.91. The van der Waals surface area contributed by atoms with Crippen molar-refractivity contribution in [1.29, 1.82) is 0 Å². The van der Waals surface area contributed by atoms with Gasteiger partial charge in [0.15, 0.2) is 5.76 Å². The second-order valence-electron chi connectivity index (χ2n) is 4.29. The van der Waals surface area contributed by atoms with Crippen LogP contribution in [0.1, 0.15) is 27.2 Å². The minimum atomic E-state index is -0.395. The van der Waals surface area contributed by atoms with Crippen LogP contribution in [0.25, 0.3) is 0 Å². The molecule has 0 atom stereocenters. The first-order chi connectivity index (χ1) is 9.11. The number of rotatable bonds is 4. The molecule has 2 rings (SSSR count). The molecule has 5 nitrogen and oxygen atoms in total. The summed E-state index contributed by atoms with van der Waals surface area (Å²) in [6.45, 7) is 4.17. The number of furan rings is 1. The SMILES string of the molecule is Cc1ccc(OCc2occc2C(=O)NN)c(C)c1. The number of nitrogens with two attached hydrogens (primary N) is 1. The maximum Gasteiger partial charge on any atom is 0.268 e. The molecule has 0 fully saturated rings. The fourth-order valence-electron chi connectivity index (χ4n) is 1.84. The Kier molecular flexibility index (Phi) is 3.87. The number of hydrogen-bond acceptors (Lipinski definition) is 4. The first-order valence-corrected chi connectivity index (χ1v) is 5.89. The molecule has 2 aromatic rings. The van der Waals surface area contributed by atoms with Crippen LogP contribution in [0.15, 0.2) is 34.9 Å². The average molecular weight is 260 g/mol. The van der Waals surface area contributed by atoms with Crippen LogP contribution < -0.4 is 16.0 Å². The van der Waals surface area contributed by atoms with Crippen molar-refractivity contribution in [3.05, 3.63) is 53.0 Å². The molecule has 19 heavy (non-hydrogen) atoms. The van der Waals surface area contributed by atoms with Crippen molar-refractivity contribution in [2.45, 2.75) is 20.5 Å². The van der Waals surface area contributed by atoms with Gasteiger partial charge >= 0.3 is 0 Å². The lowest BCUT2D eigenvalue weighted by atomic mass is 10.1. The normalized spacial score (nSPS) is 10.3. The highest BCUT2D eigenvalue weighted by molar-refractivity contribution is 5.94. The van der Waals surface area contributed by atoms with Gasteiger partial charge in [-0.15, -0.1) is 0 Å². The summed E-state index contributed by atoms with van der Waals surface area (Å²) in [6.07, 6.45) is 1.44. The molecule has 100 valence electrons. The third-order valence-corrected chi connectivity index (χ3v) is 2.81. The van der Waals surface area contributed by atoms with Crippen molar-refractivity contribution in [3.63, 3.8) is 0 Å². The molecule has 0 bridgehead atoms. The lowest BCUT2D eigenvalue weighted by molar-refractivity contribution is 0.0949. The third kappa shape index (κ3) is 2.95. The van der Waals surface area contributed by atoms with E-state index in [-0.39, 0.29) is 6.61 Å². The number of benzene rings is 1. The van der Waals surface area contributed by atoms with E-state index < -0.39 is 5.91 Å². The van der Waals surface area contributed by atoms with E-state index in [1.807, 2.05) is 32.0 Å². The lowest BCUT2D eigenvalue weighted by Crippen LogP contribution is -2.30. The van der Waals surface area contributed by atoms with Crippen molar-refractivity contribution >= 4 is 5.91 Å². The molecule has 1 amide bonds. The van der Waals surface area contributed by atoms with Crippen LogP contribution in [0.4, 0.5) is 0 Å². The van der Waals surface area contributed by atoms with E-state index in [0.717, 1.165) is 11.3 Å². The molecule has 1 aromatic heterocycles. The summed E-state index contributed by atoms with van der Waals surface area (Å²) in [5, 5.41) is 0. The number of nitrogen functional groups attached to an aromatic ring is 1. The first kappa shape index (κ1) is 13.2. The summed E-state index contributed by atoms with van der Waals surface area (Å²) in [5.41, 5.74) is 4.66. The Morgan fingerprint density at radius 3 is 2.84 bits per heavy atom. The van der Waals surface area contributed by atoms with Gasteiger partial charge in [0.25, 0.3) is 5.91 Å². The van der Waals surface area contributed by atoms with Crippen molar-refractivity contribution in [2.24, 2.45) is 5.84 Å². The van der Waals surface area contributed by atoms with Gasteiger partial charge in [-0.05, 0) is 31.5 Å². The average Bonchev–Trinajstić information content (AvgIpc) is 2.85. The van der Waals surface area contributed by atoms with Gasteiger partial charge in [0, 0.05) is 0 Å². The molecule has 1 aromatic carbocycles. The van der Waals surface area contributed by atoms with Crippen LogP contribution >= 0.6 is 0 Å². The summed E-state index contributed by atoms with van der Waals surface area (Å²) in [7, 11) is 0. The highest BCUT2D eigenvalue weighted by atomic mass is 16.5. The van der Waals surface area contributed by atoms with Crippen molar-refractivity contribution in [3.8, 4) is 5.75 Å². The highest BCUT2D eigenvalue weighted by Gasteiger charge is 2.14. The molecule has 0 unspecified atom stereocenters. The molecule has 0 aliphatic heterocycles. The Morgan fingerprint density at radius 1 is 1.37 bits per heavy atom. The molecule has 5 heteroatoms. The zero-order valence-electron chi connectivity index (χ0n) is 10.9. The van der Waals surface area contributed by atoms with Gasteiger partial charge in [-0.2, -0.15) is 0 Å². The molecule has 3 N–H and O–H groups in total. The highest BCUT2D eigenvalue weighted by Crippen LogP contribution is 2.21. The molecular weight excluding hydrogens is 244 g/mol. The fraction of sp³-hybridized carbons (Fsp3) is 0.214. The molecule has 0 spiro atoms. The van der Waals surface area contributed by atoms with Gasteiger partial charge in [-0.1, -0.05) is 17.7 Å². The number of hydrogen-bond donors (Lipinski definition) is 2. The minimum absolute atomic E-state index is 0.180. The lowest BCUT2D eigenvalue weighted by Gasteiger charge is -2.09. The molecule has 0 saturated heterocycles. The van der Waals surface area contributed by atoms with Crippen LogP contribution in [-0.4, -0.2) is 5.91 Å². The molecule has 0 saturated carbocycles. The molecule has 1 heterocycles. The number of ether oxygens (including phenoxy) is 1. The van der Waals surface area contributed by atoms with E-state index in [2.05, 4.69) is 5.43 Å². The number of hydrazine groups is 1. The third-order valence-electron chi connectivity index (χ3n) is 2.81. The predicted octanol–water partition coefficient (Wildman–Crippen LogP) is 2.08. The van der Waals surface area contributed by atoms with Crippen molar-refractivity contribution in [1.82, 2.24) is 5.43 Å². The maximum absolute atomic E-state index is 11.5. The zero-order chi connectivity index (χ0) is 13.8. The van der Waals surface area contributed by atoms with E-state index >= 15 is 0 Å². The van der Waals surface area contributed by atoms with Gasteiger partial charge < -0.3 is 9.15 Å². The van der Waals surface area contributed by atoms with E-state index in [9.17, 15) is 4.79 Å². The standard InChI is InChI=1S/C14H16N2O3/c1-9-3-4-12(10(2)7-9)19-8-13-11(5-6-18-13)14(17)16-15/h3-7H,8,15H2,1-2H3,(H,16,17). The van der Waals surface area contributed by atoms with Crippen LogP contribution in [0, 0.1) is 13.8 Å². The van der Waals surface area contributed by atoms with Gasteiger partial charge in [-0.3, -0.25) is 10.2 Å². The molecule has 0 aliphatic carbocycles. The first-order valence-electron chi connectivity index (χ1n) is 5.89. The number of aryl methyl sites for hydroxylation is 2. The van der Waals surface area contributed by atoms with Crippen molar-refractivity contribution < 1.29 is 13.9 Å². The van der Waals surface area contributed by atoms with Gasteiger partial charge in [0.05, 0.1) is 11.8 Å². The smallest absolute Gasteiger partial charge is 0.268 e. The van der Waals surface area contributed by atoms with Crippen LogP contribution in [0.2, 0.25) is 0 Å². The number of amides is 1. The minimum Gasteiger partial charge on any atom is -0.485 e. The van der Waals surface area contributed by atoms with Crippen LogP contribution in [-0.2, 0) is 6.61 Å². The van der Waals surface area contributed by atoms with Crippen molar-refractivity contribution in [2.75, 3.05) is 0 Å². The Labute approximate surface area is 111 Å². The molecule has 0 radical (unpaired) electrons. The van der Waals surface area contributed by atoms with E-state index in [1.54, 1.807) is 6.07 Å². The summed E-state index contributed by atoms with van der Waals surface area (Å²) in [6, 6.07) is 7.46. The topological polar surface area (TPSA) is 77.5 Å². The van der Waals surface area contributed by atoms with Crippen LogP contribution in [0.3, 0.4) is 0 Å². The summed E-state index contributed by atoms with van der Waals surface area (Å²) < 4.78 is 10.9. The summed E-state index contributed by atoms with van der Waals surface area (Å²) in [4.78, 5) is 11.5. The number of nitrogens with one attached hydrogen (secondary N) is 1. The Hall–Kier alpha value is -2.27. The Morgan fingerprint density at radius 2 is 2.16 bits per heavy atom. The van der Waals surface area contributed by atoms with Crippen LogP contribution in [0.5, 0.6) is 5.75 Å². The fourth-order valence-corrected chi connectivity index (χ4v) is 1.84. The maximum atomic E-state index is 11.5. The molecule has 0 aliphatic rings. The largest absolute Gasteiger partial charge is 0.485 e. The summed E-state index contributed by atoms with van der Waals surface area (Å²) >= 11 is 0. The van der Waals surface area contributed by atoms with E-state index in [0.29, 0.717) is 11.3 Å². The van der Waals surface area contributed by atoms with E-state index in [4.69, 9.17) is 15.0 Å². The Bertz CT molecular complexity index is 590. The van der Waals surface area contributed by atoms with E-state index in [1.165, 1.54) is 11.8 Å². The van der Waals surface area contributed by atoms with Gasteiger partial charge in [-0.25, -0.2) is 5.84 Å². The van der Waals surface area contributed by atoms with Gasteiger partial charge in [0.1, 0.15) is 12.4 Å². The number of carbonyl (C=O) groups is 1. The Balaban J connectivity index is 2.10. The zero-order valence-corrected chi connectivity index (χ0v) is 10.9. The predicted molar refractivity (Wildman–Crippen MR) is 70.6 cm³/mol. The monoisotopic (exact) mass is 260 g/mol.